The van der Waals surface area contributed by atoms with E-state index >= 15 is 0 Å². The number of hydrogen-bond acceptors (Lipinski definition) is 3. The molecule has 6 heteroatoms. The van der Waals surface area contributed by atoms with Gasteiger partial charge in [0.1, 0.15) is 0 Å². The van der Waals surface area contributed by atoms with Gasteiger partial charge >= 0.3 is 6.18 Å². The van der Waals surface area contributed by atoms with Crippen LogP contribution in [0.5, 0.6) is 0 Å². The minimum absolute atomic E-state index is 0.0902. The first kappa shape index (κ1) is 16.0. The van der Waals surface area contributed by atoms with Crippen molar-refractivity contribution in [2.24, 2.45) is 17.1 Å². The molecule has 20 heavy (non-hydrogen) atoms. The molecule has 3 atom stereocenters. The van der Waals surface area contributed by atoms with Gasteiger partial charge in [-0.1, -0.05) is 13.8 Å². The summed E-state index contributed by atoms with van der Waals surface area (Å²) in [6.07, 6.45) is -3.25. The zero-order chi connectivity index (χ0) is 15.3. The SMILES string of the molecule is CC(C)N(CC(F)(F)F)CC1(N)C2CCOC2C1(C)C. The largest absolute Gasteiger partial charge is 0.401 e. The summed E-state index contributed by atoms with van der Waals surface area (Å²) in [5, 5.41) is 0. The van der Waals surface area contributed by atoms with E-state index in [0.29, 0.717) is 6.61 Å². The lowest BCUT2D eigenvalue weighted by Crippen LogP contribution is -2.78. The Hall–Kier alpha value is -0.330. The summed E-state index contributed by atoms with van der Waals surface area (Å²) < 4.78 is 43.8. The third-order valence-corrected chi connectivity index (χ3v) is 5.24. The summed E-state index contributed by atoms with van der Waals surface area (Å²) in [4.78, 5) is 1.44. The molecule has 1 saturated carbocycles. The minimum atomic E-state index is -4.19. The third-order valence-electron chi connectivity index (χ3n) is 5.24. The van der Waals surface area contributed by atoms with Gasteiger partial charge in [0.25, 0.3) is 0 Å². The first-order valence-corrected chi connectivity index (χ1v) is 7.20. The Morgan fingerprint density at radius 3 is 2.45 bits per heavy atom. The maximum atomic E-state index is 12.7. The van der Waals surface area contributed by atoms with Crippen LogP contribution >= 0.6 is 0 Å². The van der Waals surface area contributed by atoms with Gasteiger partial charge in [-0.3, -0.25) is 4.90 Å². The van der Waals surface area contributed by atoms with E-state index in [0.717, 1.165) is 6.42 Å². The molecule has 0 radical (unpaired) electrons. The highest BCUT2D eigenvalue weighted by atomic mass is 19.4. The summed E-state index contributed by atoms with van der Waals surface area (Å²) in [6, 6.07) is -0.186. The van der Waals surface area contributed by atoms with Crippen LogP contribution in [0.4, 0.5) is 13.2 Å². The van der Waals surface area contributed by atoms with Gasteiger partial charge in [0.2, 0.25) is 0 Å². The Balaban J connectivity index is 2.13. The standard InChI is InChI=1S/C14H25F3N2O/c1-9(2)19(8-14(15,16)17)7-13(18)10-5-6-20-11(10)12(13,3)4/h9-11H,5-8,18H2,1-4H3. The molecular weight excluding hydrogens is 269 g/mol. The molecule has 2 N–H and O–H groups in total. The van der Waals surface area contributed by atoms with Gasteiger partial charge in [-0.25, -0.2) is 0 Å². The number of nitrogens with zero attached hydrogens (tertiary/aromatic N) is 1. The summed E-state index contributed by atoms with van der Waals surface area (Å²) in [6.45, 7) is 7.60. The topological polar surface area (TPSA) is 38.5 Å². The molecule has 0 aromatic heterocycles. The summed E-state index contributed by atoms with van der Waals surface area (Å²) in [7, 11) is 0. The van der Waals surface area contributed by atoms with Crippen molar-refractivity contribution >= 4 is 0 Å². The smallest absolute Gasteiger partial charge is 0.377 e. The van der Waals surface area contributed by atoms with Crippen LogP contribution in [0.2, 0.25) is 0 Å². The molecular formula is C14H25F3N2O. The van der Waals surface area contributed by atoms with Gasteiger partial charge in [-0.2, -0.15) is 13.2 Å². The Morgan fingerprint density at radius 1 is 1.35 bits per heavy atom. The van der Waals surface area contributed by atoms with E-state index in [1.165, 1.54) is 4.90 Å². The van der Waals surface area contributed by atoms with E-state index < -0.39 is 18.3 Å². The van der Waals surface area contributed by atoms with Crippen LogP contribution in [-0.2, 0) is 4.74 Å². The second-order valence-electron chi connectivity index (χ2n) is 7.06. The van der Waals surface area contributed by atoms with E-state index in [2.05, 4.69) is 0 Å². The Labute approximate surface area is 118 Å². The van der Waals surface area contributed by atoms with E-state index in [1.54, 1.807) is 13.8 Å². The van der Waals surface area contributed by atoms with E-state index in [-0.39, 0.29) is 30.0 Å². The van der Waals surface area contributed by atoms with Crippen LogP contribution in [0.25, 0.3) is 0 Å². The van der Waals surface area contributed by atoms with Crippen LogP contribution in [0.15, 0.2) is 0 Å². The lowest BCUT2D eigenvalue weighted by molar-refractivity contribution is -0.184. The highest BCUT2D eigenvalue weighted by molar-refractivity contribution is 5.21. The van der Waals surface area contributed by atoms with Crippen LogP contribution in [0.1, 0.15) is 34.1 Å². The molecule has 2 fully saturated rings. The Kier molecular flexibility index (Phi) is 3.89. The van der Waals surface area contributed by atoms with Crippen molar-refractivity contribution in [3.8, 4) is 0 Å². The van der Waals surface area contributed by atoms with Crippen molar-refractivity contribution in [3.05, 3.63) is 0 Å². The van der Waals surface area contributed by atoms with Gasteiger partial charge < -0.3 is 10.5 Å². The minimum Gasteiger partial charge on any atom is -0.377 e. The first-order valence-electron chi connectivity index (χ1n) is 7.20. The maximum absolute atomic E-state index is 12.7. The molecule has 1 aliphatic heterocycles. The predicted molar refractivity (Wildman–Crippen MR) is 71.3 cm³/mol. The molecule has 3 nitrogen and oxygen atoms in total. The summed E-state index contributed by atoms with van der Waals surface area (Å²) in [5.41, 5.74) is 5.64. The highest BCUT2D eigenvalue weighted by Crippen LogP contribution is 2.58. The predicted octanol–water partition coefficient (Wildman–Crippen LogP) is 2.40. The van der Waals surface area contributed by atoms with Gasteiger partial charge in [-0.15, -0.1) is 0 Å². The first-order chi connectivity index (χ1) is 8.99. The average Bonchev–Trinajstić information content (AvgIpc) is 2.73. The number of fused-ring (bicyclic) bond motifs is 1. The van der Waals surface area contributed by atoms with E-state index in [9.17, 15) is 13.2 Å². The Bertz CT molecular complexity index is 370. The van der Waals surface area contributed by atoms with Crippen LogP contribution in [0.3, 0.4) is 0 Å². The van der Waals surface area contributed by atoms with Crippen molar-refractivity contribution in [2.75, 3.05) is 19.7 Å². The second-order valence-corrected chi connectivity index (χ2v) is 7.06. The highest BCUT2D eigenvalue weighted by Gasteiger charge is 2.68. The molecule has 0 aromatic carbocycles. The van der Waals surface area contributed by atoms with Crippen molar-refractivity contribution < 1.29 is 17.9 Å². The number of halogens is 3. The van der Waals surface area contributed by atoms with Gasteiger partial charge in [0.15, 0.2) is 0 Å². The number of rotatable bonds is 4. The number of ether oxygens (including phenoxy) is 1. The third kappa shape index (κ3) is 2.46. The molecule has 3 unspecified atom stereocenters. The van der Waals surface area contributed by atoms with Gasteiger partial charge in [0.05, 0.1) is 12.6 Å². The van der Waals surface area contributed by atoms with Crippen LogP contribution in [0, 0.1) is 11.3 Å². The lowest BCUT2D eigenvalue weighted by Gasteiger charge is -2.63. The quantitative estimate of drug-likeness (QED) is 0.865. The molecule has 1 aliphatic carbocycles. The molecule has 0 bridgehead atoms. The summed E-state index contributed by atoms with van der Waals surface area (Å²) in [5.74, 6) is 0.173. The molecule has 1 heterocycles. The van der Waals surface area contributed by atoms with Crippen molar-refractivity contribution in [3.63, 3.8) is 0 Å². The van der Waals surface area contributed by atoms with Crippen molar-refractivity contribution in [2.45, 2.75) is 58.0 Å². The fourth-order valence-electron chi connectivity index (χ4n) is 3.78. The monoisotopic (exact) mass is 294 g/mol. The number of nitrogens with two attached hydrogens (primary N) is 1. The van der Waals surface area contributed by atoms with Crippen LogP contribution in [-0.4, -0.2) is 48.5 Å². The summed E-state index contributed by atoms with van der Waals surface area (Å²) >= 11 is 0. The zero-order valence-corrected chi connectivity index (χ0v) is 12.6. The maximum Gasteiger partial charge on any atom is 0.401 e. The van der Waals surface area contributed by atoms with Crippen molar-refractivity contribution in [1.29, 1.82) is 0 Å². The van der Waals surface area contributed by atoms with Gasteiger partial charge in [0, 0.05) is 36.1 Å². The lowest BCUT2D eigenvalue weighted by atomic mass is 9.48. The van der Waals surface area contributed by atoms with Gasteiger partial charge in [-0.05, 0) is 20.3 Å². The Morgan fingerprint density at radius 2 is 1.95 bits per heavy atom. The fraction of sp³-hybridized carbons (Fsp3) is 1.00. The number of hydrogen-bond donors (Lipinski definition) is 1. The molecule has 0 aromatic rings. The molecule has 118 valence electrons. The molecule has 1 saturated heterocycles. The zero-order valence-electron chi connectivity index (χ0n) is 12.6. The number of alkyl halides is 3. The van der Waals surface area contributed by atoms with Crippen molar-refractivity contribution in [1.82, 2.24) is 4.90 Å². The molecule has 0 spiro atoms. The molecule has 0 amide bonds. The fourth-order valence-corrected chi connectivity index (χ4v) is 3.78. The average molecular weight is 294 g/mol. The van der Waals surface area contributed by atoms with E-state index in [1.807, 2.05) is 13.8 Å². The normalized spacial score (nSPS) is 36.3. The molecule has 2 rings (SSSR count). The second kappa shape index (κ2) is 4.85. The van der Waals surface area contributed by atoms with E-state index in [4.69, 9.17) is 10.5 Å². The van der Waals surface area contributed by atoms with Crippen LogP contribution < -0.4 is 5.73 Å². The molecule has 2 aliphatic rings.